The summed E-state index contributed by atoms with van der Waals surface area (Å²) in [6.07, 6.45) is 4.98. The van der Waals surface area contributed by atoms with Crippen LogP contribution in [0.4, 0.5) is 0 Å². The van der Waals surface area contributed by atoms with Gasteiger partial charge in [0.05, 0.1) is 13.2 Å². The van der Waals surface area contributed by atoms with Crippen LogP contribution in [0.3, 0.4) is 0 Å². The van der Waals surface area contributed by atoms with Crippen LogP contribution in [0, 0.1) is 0 Å². The second-order valence-electron chi connectivity index (χ2n) is 5.74. The lowest BCUT2D eigenvalue weighted by atomic mass is 9.98. The van der Waals surface area contributed by atoms with Gasteiger partial charge in [0.2, 0.25) is 0 Å². The zero-order valence-corrected chi connectivity index (χ0v) is 15.0. The molecule has 22 heavy (non-hydrogen) atoms. The zero-order chi connectivity index (χ0) is 16.8. The van der Waals surface area contributed by atoms with Gasteiger partial charge in [-0.3, -0.25) is 14.2 Å². The van der Waals surface area contributed by atoms with E-state index in [4.69, 9.17) is 9.47 Å². The summed E-state index contributed by atoms with van der Waals surface area (Å²) >= 11 is 0. The molecule has 0 spiro atoms. The Bertz CT molecular complexity index is 317. The predicted molar refractivity (Wildman–Crippen MR) is 86.2 cm³/mol. The fourth-order valence-electron chi connectivity index (χ4n) is 1.76. The highest BCUT2D eigenvalue weighted by Crippen LogP contribution is 2.33. The average molecular weight is 332 g/mol. The van der Waals surface area contributed by atoms with Gasteiger partial charge in [-0.2, -0.15) is 0 Å². The van der Waals surface area contributed by atoms with Gasteiger partial charge in [-0.25, -0.2) is 0 Å². The van der Waals surface area contributed by atoms with E-state index in [0.717, 1.165) is 25.7 Å². The number of rotatable bonds is 13. The van der Waals surface area contributed by atoms with Crippen molar-refractivity contribution in [3.8, 4) is 0 Å². The Morgan fingerprint density at radius 2 is 1.32 bits per heavy atom. The highest BCUT2D eigenvalue weighted by atomic mass is 31.1. The van der Waals surface area contributed by atoms with Crippen LogP contribution in [0.5, 0.6) is 0 Å². The molecule has 0 aromatic heterocycles. The summed E-state index contributed by atoms with van der Waals surface area (Å²) in [6.45, 7) is 6.73. The Labute approximate surface area is 135 Å². The number of esters is 2. The Hall–Kier alpha value is -0.960. The van der Waals surface area contributed by atoms with Crippen LogP contribution in [0.2, 0.25) is 0 Å². The van der Waals surface area contributed by atoms with Crippen LogP contribution in [-0.4, -0.2) is 30.3 Å². The fourth-order valence-corrected chi connectivity index (χ4v) is 2.17. The molecule has 0 saturated heterocycles. The first-order valence-corrected chi connectivity index (χ1v) is 8.94. The van der Waals surface area contributed by atoms with Crippen molar-refractivity contribution in [3.63, 3.8) is 0 Å². The maximum absolute atomic E-state index is 11.6. The average Bonchev–Trinajstić information content (AvgIpc) is 2.51. The summed E-state index contributed by atoms with van der Waals surface area (Å²) in [4.78, 5) is 23.1. The molecule has 0 heterocycles. The van der Waals surface area contributed by atoms with Gasteiger partial charge in [0.15, 0.2) is 8.46 Å². The molecule has 0 rings (SSSR count). The summed E-state index contributed by atoms with van der Waals surface area (Å²) in [5.41, 5.74) is 0. The molecule has 0 aromatic rings. The summed E-state index contributed by atoms with van der Waals surface area (Å²) in [6, 6.07) is 0. The van der Waals surface area contributed by atoms with Crippen molar-refractivity contribution in [1.82, 2.24) is 0 Å². The molecular weight excluding hydrogens is 303 g/mol. The third-order valence-corrected chi connectivity index (χ3v) is 4.37. The maximum Gasteiger partial charge on any atom is 0.305 e. The van der Waals surface area contributed by atoms with Gasteiger partial charge in [-0.05, 0) is 32.6 Å². The molecular formula is C16H29O5P. The van der Waals surface area contributed by atoms with Gasteiger partial charge in [0, 0.05) is 18.0 Å². The minimum absolute atomic E-state index is 0.0563. The molecule has 0 aliphatic rings. The molecule has 0 amide bonds. The normalized spacial score (nSPS) is 11.4. The Morgan fingerprint density at radius 3 is 1.64 bits per heavy atom. The van der Waals surface area contributed by atoms with Crippen LogP contribution in [0.1, 0.15) is 72.1 Å². The number of ether oxygens (including phenoxy) is 2. The van der Waals surface area contributed by atoms with E-state index in [-0.39, 0.29) is 33.2 Å². The molecule has 5 nitrogen and oxygen atoms in total. The second-order valence-corrected chi connectivity index (χ2v) is 7.00. The number of unbranched alkanes of at least 4 members (excludes halogenated alkanes) is 2. The van der Waals surface area contributed by atoms with Crippen LogP contribution >= 0.6 is 8.46 Å². The van der Waals surface area contributed by atoms with E-state index < -0.39 is 5.16 Å². The first-order chi connectivity index (χ1) is 10.5. The predicted octanol–water partition coefficient (Wildman–Crippen LogP) is 4.28. The maximum atomic E-state index is 11.6. The number of carbonyl (C=O) groups is 2. The van der Waals surface area contributed by atoms with Crippen LogP contribution in [0.25, 0.3) is 0 Å². The summed E-state index contributed by atoms with van der Waals surface area (Å²) in [7, 11) is -0.0563. The van der Waals surface area contributed by atoms with Crippen molar-refractivity contribution >= 4 is 20.4 Å². The molecule has 6 heteroatoms. The van der Waals surface area contributed by atoms with Crippen molar-refractivity contribution in [1.29, 1.82) is 0 Å². The molecule has 0 radical (unpaired) electrons. The Morgan fingerprint density at radius 1 is 0.909 bits per heavy atom. The lowest BCUT2D eigenvalue weighted by Crippen LogP contribution is -2.21. The van der Waals surface area contributed by atoms with Crippen LogP contribution in [-0.2, 0) is 23.6 Å². The standard InChI is InChI=1S/C16H29O5P/c1-4-6-12-20-14(17)8-10-16(3,22-19)11-9-15(18)21-13-7-5-2/h4-13H2,1-3H3. The van der Waals surface area contributed by atoms with Gasteiger partial charge in [-0.15, -0.1) is 0 Å². The van der Waals surface area contributed by atoms with Gasteiger partial charge in [0.1, 0.15) is 0 Å². The smallest absolute Gasteiger partial charge is 0.305 e. The third-order valence-electron chi connectivity index (χ3n) is 3.48. The highest BCUT2D eigenvalue weighted by Gasteiger charge is 2.27. The van der Waals surface area contributed by atoms with E-state index >= 15 is 0 Å². The van der Waals surface area contributed by atoms with Crippen molar-refractivity contribution in [3.05, 3.63) is 0 Å². The number of carbonyl (C=O) groups excluding carboxylic acids is 2. The molecule has 0 aromatic carbocycles. The third kappa shape index (κ3) is 10.7. The van der Waals surface area contributed by atoms with Gasteiger partial charge >= 0.3 is 11.9 Å². The molecule has 128 valence electrons. The van der Waals surface area contributed by atoms with Crippen molar-refractivity contribution < 1.29 is 23.6 Å². The van der Waals surface area contributed by atoms with Crippen molar-refractivity contribution in [2.45, 2.75) is 77.3 Å². The molecule has 0 aliphatic carbocycles. The highest BCUT2D eigenvalue weighted by molar-refractivity contribution is 7.26. The van der Waals surface area contributed by atoms with E-state index in [1.807, 2.05) is 13.8 Å². The second kappa shape index (κ2) is 12.6. The van der Waals surface area contributed by atoms with E-state index in [0.29, 0.717) is 26.1 Å². The summed E-state index contributed by atoms with van der Waals surface area (Å²) in [5, 5.41) is -0.590. The molecule has 0 saturated carbocycles. The van der Waals surface area contributed by atoms with Gasteiger partial charge < -0.3 is 9.47 Å². The monoisotopic (exact) mass is 332 g/mol. The summed E-state index contributed by atoms with van der Waals surface area (Å²) < 4.78 is 21.5. The minimum Gasteiger partial charge on any atom is -0.466 e. The largest absolute Gasteiger partial charge is 0.466 e. The minimum atomic E-state index is -0.590. The van der Waals surface area contributed by atoms with E-state index in [9.17, 15) is 14.2 Å². The van der Waals surface area contributed by atoms with Crippen LogP contribution < -0.4 is 0 Å². The number of hydrogen-bond acceptors (Lipinski definition) is 5. The first kappa shape index (κ1) is 21.0. The number of hydrogen-bond donors (Lipinski definition) is 0. The Balaban J connectivity index is 4.04. The quantitative estimate of drug-likeness (QED) is 0.286. The fraction of sp³-hybridized carbons (Fsp3) is 0.875. The zero-order valence-electron chi connectivity index (χ0n) is 14.1. The van der Waals surface area contributed by atoms with Crippen molar-refractivity contribution in [2.24, 2.45) is 0 Å². The van der Waals surface area contributed by atoms with Crippen LogP contribution in [0.15, 0.2) is 0 Å². The van der Waals surface area contributed by atoms with E-state index in [1.54, 1.807) is 6.92 Å². The lowest BCUT2D eigenvalue weighted by Gasteiger charge is -2.20. The SMILES string of the molecule is CCCCOC(=O)CCC(C)(CCC(=O)OCCCC)P=O. The van der Waals surface area contributed by atoms with Gasteiger partial charge in [0.25, 0.3) is 0 Å². The first-order valence-electron chi connectivity index (χ1n) is 8.13. The molecule has 0 atom stereocenters. The van der Waals surface area contributed by atoms with Gasteiger partial charge in [-0.1, -0.05) is 26.7 Å². The lowest BCUT2D eigenvalue weighted by molar-refractivity contribution is -0.144. The molecule has 0 aliphatic heterocycles. The van der Waals surface area contributed by atoms with E-state index in [1.165, 1.54) is 0 Å². The molecule has 0 fully saturated rings. The Kier molecular flexibility index (Phi) is 12.0. The molecule has 0 N–H and O–H groups in total. The molecule has 0 bridgehead atoms. The molecule has 0 unspecified atom stereocenters. The topological polar surface area (TPSA) is 69.7 Å². The summed E-state index contributed by atoms with van der Waals surface area (Å²) in [5.74, 6) is -0.539. The van der Waals surface area contributed by atoms with Crippen molar-refractivity contribution in [2.75, 3.05) is 13.2 Å². The van der Waals surface area contributed by atoms with E-state index in [2.05, 4.69) is 0 Å².